The molecule has 1 saturated heterocycles. The van der Waals surface area contributed by atoms with Crippen molar-refractivity contribution in [2.45, 2.75) is 26.4 Å². The Morgan fingerprint density at radius 3 is 2.45 bits per heavy atom. The Labute approximate surface area is 203 Å². The summed E-state index contributed by atoms with van der Waals surface area (Å²) in [5, 5.41) is 1.63. The smallest absolute Gasteiger partial charge is 0.410 e. The van der Waals surface area contributed by atoms with Crippen molar-refractivity contribution in [1.29, 1.82) is 0 Å². The quantitative estimate of drug-likeness (QED) is 0.437. The van der Waals surface area contributed by atoms with Gasteiger partial charge < -0.3 is 19.4 Å². The minimum atomic E-state index is -0.494. The first-order valence-electron chi connectivity index (χ1n) is 10.8. The average molecular weight is 488 g/mol. The van der Waals surface area contributed by atoms with Crippen LogP contribution in [0, 0.1) is 0 Å². The topological polar surface area (TPSA) is 61.8 Å². The maximum atomic E-state index is 12.4. The van der Waals surface area contributed by atoms with Crippen molar-refractivity contribution >= 4 is 57.4 Å². The van der Waals surface area contributed by atoms with Gasteiger partial charge in [0.15, 0.2) is 0 Å². The molecule has 9 heteroatoms. The number of benzene rings is 2. The van der Waals surface area contributed by atoms with Crippen LogP contribution in [0.2, 0.25) is 10.3 Å². The van der Waals surface area contributed by atoms with E-state index in [0.29, 0.717) is 29.4 Å². The molecule has 1 fully saturated rings. The van der Waals surface area contributed by atoms with Crippen LogP contribution in [-0.4, -0.2) is 59.8 Å². The van der Waals surface area contributed by atoms with E-state index in [-0.39, 0.29) is 11.4 Å². The summed E-state index contributed by atoms with van der Waals surface area (Å²) in [6.45, 7) is 8.33. The van der Waals surface area contributed by atoms with Gasteiger partial charge >= 0.3 is 6.09 Å². The normalized spacial score (nSPS) is 14.5. The second-order valence-electron chi connectivity index (χ2n) is 9.01. The van der Waals surface area contributed by atoms with E-state index in [9.17, 15) is 4.79 Å². The fourth-order valence-electron chi connectivity index (χ4n) is 3.81. The SMILES string of the molecule is CN(c1cccc(N2CCN(C(=O)OC(C)(C)C)CC2)c1)c1nc(Cl)nc2cc(Cl)ccc12. The van der Waals surface area contributed by atoms with Crippen molar-refractivity contribution in [3.8, 4) is 0 Å². The largest absolute Gasteiger partial charge is 0.444 e. The lowest BCUT2D eigenvalue weighted by Gasteiger charge is -2.37. The zero-order valence-electron chi connectivity index (χ0n) is 19.2. The standard InChI is InChI=1S/C24H27Cl2N5O2/c1-24(2,3)33-23(32)31-12-10-30(11-13-31)18-7-5-6-17(15-18)29(4)21-19-9-8-16(25)14-20(19)27-22(26)28-21/h5-9,14-15H,10-13H2,1-4H3. The molecule has 1 aromatic heterocycles. The fourth-order valence-corrected chi connectivity index (χ4v) is 4.15. The van der Waals surface area contributed by atoms with E-state index in [4.69, 9.17) is 27.9 Å². The number of aromatic nitrogens is 2. The van der Waals surface area contributed by atoms with Crippen molar-refractivity contribution < 1.29 is 9.53 Å². The summed E-state index contributed by atoms with van der Waals surface area (Å²) in [5.41, 5.74) is 2.24. The molecule has 0 radical (unpaired) electrons. The molecule has 174 valence electrons. The molecule has 3 aromatic rings. The lowest BCUT2D eigenvalue weighted by Crippen LogP contribution is -2.50. The lowest BCUT2D eigenvalue weighted by molar-refractivity contribution is 0.0240. The van der Waals surface area contributed by atoms with Gasteiger partial charge in [0.1, 0.15) is 11.4 Å². The van der Waals surface area contributed by atoms with E-state index < -0.39 is 5.60 Å². The monoisotopic (exact) mass is 487 g/mol. The number of hydrogen-bond donors (Lipinski definition) is 0. The number of fused-ring (bicyclic) bond motifs is 1. The molecule has 33 heavy (non-hydrogen) atoms. The van der Waals surface area contributed by atoms with Gasteiger partial charge in [-0.2, -0.15) is 4.98 Å². The highest BCUT2D eigenvalue weighted by atomic mass is 35.5. The first-order chi connectivity index (χ1) is 15.6. The molecule has 0 N–H and O–H groups in total. The Morgan fingerprint density at radius 1 is 1.03 bits per heavy atom. The highest BCUT2D eigenvalue weighted by molar-refractivity contribution is 6.31. The zero-order valence-corrected chi connectivity index (χ0v) is 20.7. The summed E-state index contributed by atoms with van der Waals surface area (Å²) >= 11 is 12.3. The van der Waals surface area contributed by atoms with E-state index in [1.54, 1.807) is 11.0 Å². The molecule has 1 aliphatic rings. The van der Waals surface area contributed by atoms with E-state index in [1.807, 2.05) is 57.0 Å². The van der Waals surface area contributed by atoms with Gasteiger partial charge in [-0.1, -0.05) is 17.7 Å². The van der Waals surface area contributed by atoms with E-state index in [0.717, 1.165) is 29.9 Å². The number of anilines is 3. The van der Waals surface area contributed by atoms with Gasteiger partial charge in [-0.3, -0.25) is 0 Å². The third-order valence-corrected chi connectivity index (χ3v) is 5.85. The van der Waals surface area contributed by atoms with Crippen LogP contribution in [0.5, 0.6) is 0 Å². The molecule has 0 saturated carbocycles. The second-order valence-corrected chi connectivity index (χ2v) is 9.79. The summed E-state index contributed by atoms with van der Waals surface area (Å²) in [4.78, 5) is 27.2. The second kappa shape index (κ2) is 9.23. The molecule has 0 spiro atoms. The maximum Gasteiger partial charge on any atom is 0.410 e. The van der Waals surface area contributed by atoms with Gasteiger partial charge in [0.25, 0.3) is 0 Å². The Morgan fingerprint density at radius 2 is 1.76 bits per heavy atom. The third-order valence-electron chi connectivity index (χ3n) is 5.44. The number of ether oxygens (including phenoxy) is 1. The summed E-state index contributed by atoms with van der Waals surface area (Å²) in [6.07, 6.45) is -0.261. The molecular weight excluding hydrogens is 461 g/mol. The minimum absolute atomic E-state index is 0.168. The number of carbonyl (C=O) groups excluding carboxylic acids is 1. The highest BCUT2D eigenvalue weighted by Crippen LogP contribution is 2.33. The molecule has 7 nitrogen and oxygen atoms in total. The average Bonchev–Trinajstić information content (AvgIpc) is 2.77. The molecular formula is C24H27Cl2N5O2. The lowest BCUT2D eigenvalue weighted by atomic mass is 10.2. The summed E-state index contributed by atoms with van der Waals surface area (Å²) in [5.74, 6) is 0.702. The van der Waals surface area contributed by atoms with Crippen LogP contribution in [0.4, 0.5) is 22.0 Å². The Kier molecular flexibility index (Phi) is 6.54. The predicted molar refractivity (Wildman–Crippen MR) is 134 cm³/mol. The Hall–Kier alpha value is -2.77. The zero-order chi connectivity index (χ0) is 23.8. The van der Waals surface area contributed by atoms with E-state index in [2.05, 4.69) is 27.0 Å². The van der Waals surface area contributed by atoms with Gasteiger partial charge in [0.05, 0.1) is 5.52 Å². The first kappa shape index (κ1) is 23.4. The van der Waals surface area contributed by atoms with Gasteiger partial charge in [0, 0.05) is 55.0 Å². The number of hydrogen-bond acceptors (Lipinski definition) is 6. The molecule has 1 aliphatic heterocycles. The number of rotatable bonds is 3. The number of halogens is 2. The Bertz CT molecular complexity index is 1170. The van der Waals surface area contributed by atoms with Gasteiger partial charge in [-0.15, -0.1) is 0 Å². The molecule has 0 atom stereocenters. The van der Waals surface area contributed by atoms with Gasteiger partial charge in [-0.05, 0) is 68.8 Å². The molecule has 4 rings (SSSR count). The minimum Gasteiger partial charge on any atom is -0.444 e. The third kappa shape index (κ3) is 5.42. The molecule has 2 aromatic carbocycles. The Balaban J connectivity index is 1.52. The maximum absolute atomic E-state index is 12.4. The molecule has 0 unspecified atom stereocenters. The van der Waals surface area contributed by atoms with Crippen LogP contribution >= 0.6 is 23.2 Å². The van der Waals surface area contributed by atoms with Crippen LogP contribution in [-0.2, 0) is 4.74 Å². The fraction of sp³-hybridized carbons (Fsp3) is 0.375. The number of carbonyl (C=O) groups is 1. The number of piperazine rings is 1. The van der Waals surface area contributed by atoms with E-state index in [1.165, 1.54) is 0 Å². The first-order valence-corrected chi connectivity index (χ1v) is 11.6. The van der Waals surface area contributed by atoms with Crippen LogP contribution in [0.15, 0.2) is 42.5 Å². The molecule has 1 amide bonds. The van der Waals surface area contributed by atoms with Gasteiger partial charge in [-0.25, -0.2) is 9.78 Å². The number of amides is 1. The van der Waals surface area contributed by atoms with Crippen LogP contribution in [0.1, 0.15) is 20.8 Å². The predicted octanol–water partition coefficient (Wildman–Crippen LogP) is 5.76. The molecule has 0 aliphatic carbocycles. The molecule has 2 heterocycles. The number of nitrogens with zero attached hydrogens (tertiary/aromatic N) is 5. The van der Waals surface area contributed by atoms with Crippen molar-refractivity contribution in [3.05, 3.63) is 52.8 Å². The van der Waals surface area contributed by atoms with Crippen molar-refractivity contribution in [3.63, 3.8) is 0 Å². The van der Waals surface area contributed by atoms with E-state index >= 15 is 0 Å². The van der Waals surface area contributed by atoms with Crippen LogP contribution in [0.25, 0.3) is 10.9 Å². The van der Waals surface area contributed by atoms with Crippen molar-refractivity contribution in [2.24, 2.45) is 0 Å². The summed E-state index contributed by atoms with van der Waals surface area (Å²) in [7, 11) is 1.95. The van der Waals surface area contributed by atoms with Crippen LogP contribution < -0.4 is 9.80 Å². The van der Waals surface area contributed by atoms with Crippen molar-refractivity contribution in [1.82, 2.24) is 14.9 Å². The highest BCUT2D eigenvalue weighted by Gasteiger charge is 2.26. The van der Waals surface area contributed by atoms with Crippen LogP contribution in [0.3, 0.4) is 0 Å². The molecule has 0 bridgehead atoms. The summed E-state index contributed by atoms with van der Waals surface area (Å²) in [6, 6.07) is 13.7. The van der Waals surface area contributed by atoms with Gasteiger partial charge in [0.2, 0.25) is 5.28 Å². The summed E-state index contributed by atoms with van der Waals surface area (Å²) < 4.78 is 5.50. The van der Waals surface area contributed by atoms with Crippen molar-refractivity contribution in [2.75, 3.05) is 43.0 Å².